The summed E-state index contributed by atoms with van der Waals surface area (Å²) in [6.07, 6.45) is 0. The lowest BCUT2D eigenvalue weighted by Gasteiger charge is -2.22. The second-order valence-electron chi connectivity index (χ2n) is 7.02. The van der Waals surface area contributed by atoms with Crippen LogP contribution >= 0.6 is 11.6 Å². The number of benzene rings is 2. The Kier molecular flexibility index (Phi) is 4.58. The first-order chi connectivity index (χ1) is 13.8. The number of anilines is 1. The number of ether oxygens (including phenoxy) is 2. The molecule has 0 saturated carbocycles. The number of amides is 4. The lowest BCUT2D eigenvalue weighted by molar-refractivity contribution is -0.133. The Morgan fingerprint density at radius 2 is 1.97 bits per heavy atom. The number of carbonyl (C=O) groups is 3. The highest BCUT2D eigenvalue weighted by molar-refractivity contribution is 6.31. The number of fused-ring (bicyclic) bond motifs is 1. The minimum absolute atomic E-state index is 0.102. The zero-order valence-electron chi connectivity index (χ0n) is 15.7. The fourth-order valence-electron chi connectivity index (χ4n) is 3.31. The number of imide groups is 1. The van der Waals surface area contributed by atoms with Gasteiger partial charge in [0.1, 0.15) is 12.1 Å². The minimum Gasteiger partial charge on any atom is -0.454 e. The van der Waals surface area contributed by atoms with Gasteiger partial charge < -0.3 is 20.1 Å². The van der Waals surface area contributed by atoms with E-state index in [1.165, 1.54) is 0 Å². The quantitative estimate of drug-likeness (QED) is 0.748. The standard InChI is InChI=1S/C20H18ClN3O5/c1-11-3-5-13(21)8-14(11)22-17(25)9-24-18(26)20(2,23-19(24)27)12-4-6-15-16(7-12)29-10-28-15/h3-8H,9-10H2,1-2H3,(H,22,25)(H,23,27)/t20-/m0/s1. The maximum atomic E-state index is 13.0. The zero-order chi connectivity index (χ0) is 20.8. The Balaban J connectivity index is 1.52. The van der Waals surface area contributed by atoms with Gasteiger partial charge in [-0.05, 0) is 49.2 Å². The molecule has 2 N–H and O–H groups in total. The summed E-state index contributed by atoms with van der Waals surface area (Å²) in [5, 5.41) is 5.82. The molecule has 4 rings (SSSR count). The molecular formula is C20H18ClN3O5. The van der Waals surface area contributed by atoms with E-state index in [-0.39, 0.29) is 6.79 Å². The monoisotopic (exact) mass is 415 g/mol. The highest BCUT2D eigenvalue weighted by Gasteiger charge is 2.49. The van der Waals surface area contributed by atoms with Crippen molar-refractivity contribution in [3.63, 3.8) is 0 Å². The first kappa shape index (κ1) is 19.1. The van der Waals surface area contributed by atoms with Crippen molar-refractivity contribution in [1.29, 1.82) is 0 Å². The molecule has 0 radical (unpaired) electrons. The van der Waals surface area contributed by atoms with Crippen LogP contribution in [0, 0.1) is 6.92 Å². The molecule has 9 heteroatoms. The number of carbonyl (C=O) groups excluding carboxylic acids is 3. The summed E-state index contributed by atoms with van der Waals surface area (Å²) in [5.41, 5.74) is 0.552. The fourth-order valence-corrected chi connectivity index (χ4v) is 3.48. The van der Waals surface area contributed by atoms with Gasteiger partial charge in [0.25, 0.3) is 5.91 Å². The predicted octanol–water partition coefficient (Wildman–Crippen LogP) is 2.78. The largest absolute Gasteiger partial charge is 0.454 e. The van der Waals surface area contributed by atoms with Gasteiger partial charge in [-0.1, -0.05) is 23.7 Å². The molecule has 1 fully saturated rings. The Labute approximate surface area is 171 Å². The highest BCUT2D eigenvalue weighted by Crippen LogP contribution is 2.37. The van der Waals surface area contributed by atoms with Gasteiger partial charge in [-0.15, -0.1) is 0 Å². The van der Waals surface area contributed by atoms with Crippen LogP contribution < -0.4 is 20.1 Å². The van der Waals surface area contributed by atoms with E-state index in [0.29, 0.717) is 27.8 Å². The maximum absolute atomic E-state index is 13.0. The number of rotatable bonds is 4. The predicted molar refractivity (Wildman–Crippen MR) is 105 cm³/mol. The van der Waals surface area contributed by atoms with Crippen LogP contribution in [0.4, 0.5) is 10.5 Å². The number of nitrogens with one attached hydrogen (secondary N) is 2. The zero-order valence-corrected chi connectivity index (χ0v) is 16.5. The Hall–Kier alpha value is -3.26. The number of hydrogen-bond donors (Lipinski definition) is 2. The summed E-state index contributed by atoms with van der Waals surface area (Å²) in [5.74, 6) is 0.0359. The summed E-state index contributed by atoms with van der Waals surface area (Å²) >= 11 is 5.96. The van der Waals surface area contributed by atoms with E-state index in [1.807, 2.05) is 6.92 Å². The Morgan fingerprint density at radius 3 is 2.76 bits per heavy atom. The molecule has 2 aromatic rings. The lowest BCUT2D eigenvalue weighted by Crippen LogP contribution is -2.42. The smallest absolute Gasteiger partial charge is 0.325 e. The van der Waals surface area contributed by atoms with Gasteiger partial charge in [0.15, 0.2) is 11.5 Å². The van der Waals surface area contributed by atoms with Crippen molar-refractivity contribution in [3.8, 4) is 11.5 Å². The molecular weight excluding hydrogens is 398 g/mol. The van der Waals surface area contributed by atoms with Crippen molar-refractivity contribution in [2.45, 2.75) is 19.4 Å². The van der Waals surface area contributed by atoms with Gasteiger partial charge in [-0.25, -0.2) is 4.79 Å². The van der Waals surface area contributed by atoms with Crippen LogP contribution in [0.1, 0.15) is 18.1 Å². The van der Waals surface area contributed by atoms with Crippen LogP contribution in [0.3, 0.4) is 0 Å². The summed E-state index contributed by atoms with van der Waals surface area (Å²) in [6.45, 7) is 3.09. The van der Waals surface area contributed by atoms with Crippen molar-refractivity contribution in [2.24, 2.45) is 0 Å². The lowest BCUT2D eigenvalue weighted by atomic mass is 9.91. The van der Waals surface area contributed by atoms with Gasteiger partial charge in [-0.3, -0.25) is 14.5 Å². The van der Waals surface area contributed by atoms with E-state index in [2.05, 4.69) is 10.6 Å². The van der Waals surface area contributed by atoms with E-state index in [0.717, 1.165) is 10.5 Å². The molecule has 1 atom stereocenters. The molecule has 8 nitrogen and oxygen atoms in total. The Morgan fingerprint density at radius 1 is 1.21 bits per heavy atom. The maximum Gasteiger partial charge on any atom is 0.325 e. The third-order valence-electron chi connectivity index (χ3n) is 5.00. The highest BCUT2D eigenvalue weighted by atomic mass is 35.5. The molecule has 0 bridgehead atoms. The molecule has 2 heterocycles. The second kappa shape index (κ2) is 6.97. The first-order valence-electron chi connectivity index (χ1n) is 8.88. The van der Waals surface area contributed by atoms with Gasteiger partial charge >= 0.3 is 6.03 Å². The van der Waals surface area contributed by atoms with Crippen molar-refractivity contribution in [2.75, 3.05) is 18.7 Å². The first-order valence-corrected chi connectivity index (χ1v) is 9.26. The fraction of sp³-hybridized carbons (Fsp3) is 0.250. The van der Waals surface area contributed by atoms with Crippen molar-refractivity contribution >= 4 is 35.1 Å². The topological polar surface area (TPSA) is 97.0 Å². The molecule has 4 amide bonds. The van der Waals surface area contributed by atoms with Gasteiger partial charge in [0.2, 0.25) is 12.7 Å². The van der Waals surface area contributed by atoms with E-state index in [4.69, 9.17) is 21.1 Å². The van der Waals surface area contributed by atoms with Crippen molar-refractivity contribution in [3.05, 3.63) is 52.5 Å². The third-order valence-corrected chi connectivity index (χ3v) is 5.24. The molecule has 0 spiro atoms. The molecule has 0 aromatic heterocycles. The summed E-state index contributed by atoms with van der Waals surface area (Å²) in [6, 6.07) is 9.46. The molecule has 29 heavy (non-hydrogen) atoms. The van der Waals surface area contributed by atoms with Crippen molar-refractivity contribution < 1.29 is 23.9 Å². The van der Waals surface area contributed by atoms with E-state index in [9.17, 15) is 14.4 Å². The second-order valence-corrected chi connectivity index (χ2v) is 7.46. The number of nitrogens with zero attached hydrogens (tertiary/aromatic N) is 1. The number of aryl methyl sites for hydroxylation is 1. The van der Waals surface area contributed by atoms with Gasteiger partial charge in [-0.2, -0.15) is 0 Å². The van der Waals surface area contributed by atoms with Gasteiger partial charge in [0, 0.05) is 10.7 Å². The molecule has 1 saturated heterocycles. The number of urea groups is 1. The van der Waals surface area contributed by atoms with Crippen LogP contribution in [0.15, 0.2) is 36.4 Å². The minimum atomic E-state index is -1.32. The molecule has 0 aliphatic carbocycles. The summed E-state index contributed by atoms with van der Waals surface area (Å²) in [7, 11) is 0. The van der Waals surface area contributed by atoms with Crippen LogP contribution in [0.25, 0.3) is 0 Å². The molecule has 2 aliphatic heterocycles. The number of halogens is 1. The molecule has 150 valence electrons. The van der Waals surface area contributed by atoms with Crippen LogP contribution in [0.5, 0.6) is 11.5 Å². The van der Waals surface area contributed by atoms with Crippen molar-refractivity contribution in [1.82, 2.24) is 10.2 Å². The van der Waals surface area contributed by atoms with E-state index in [1.54, 1.807) is 43.3 Å². The molecule has 2 aromatic carbocycles. The molecule has 2 aliphatic rings. The third kappa shape index (κ3) is 3.36. The SMILES string of the molecule is Cc1ccc(Cl)cc1NC(=O)CN1C(=O)N[C@@](C)(c2ccc3c(c2)OCO3)C1=O. The normalized spacial score (nSPS) is 20.0. The summed E-state index contributed by atoms with van der Waals surface area (Å²) < 4.78 is 10.6. The van der Waals surface area contributed by atoms with Gasteiger partial charge in [0.05, 0.1) is 0 Å². The molecule has 0 unspecified atom stereocenters. The van der Waals surface area contributed by atoms with Crippen LogP contribution in [0.2, 0.25) is 5.02 Å². The average Bonchev–Trinajstić information content (AvgIpc) is 3.23. The van der Waals surface area contributed by atoms with Crippen LogP contribution in [-0.4, -0.2) is 36.1 Å². The number of hydrogen-bond acceptors (Lipinski definition) is 5. The van der Waals surface area contributed by atoms with E-state index < -0.39 is 29.9 Å². The van der Waals surface area contributed by atoms with Crippen LogP contribution in [-0.2, 0) is 15.1 Å². The average molecular weight is 416 g/mol. The summed E-state index contributed by atoms with van der Waals surface area (Å²) in [4.78, 5) is 38.8. The Bertz CT molecular complexity index is 1040. The van der Waals surface area contributed by atoms with E-state index >= 15 is 0 Å².